The molecule has 0 radical (unpaired) electrons. The predicted molar refractivity (Wildman–Crippen MR) is 132 cm³/mol. The smallest absolute Gasteiger partial charge is 0.407 e. The number of carbonyl (C=O) groups is 6. The lowest BCUT2D eigenvalue weighted by molar-refractivity contribution is -0.140. The average molecular weight is 522 g/mol. The third-order valence-electron chi connectivity index (χ3n) is 5.14. The van der Waals surface area contributed by atoms with Gasteiger partial charge in [-0.25, -0.2) is 4.79 Å². The van der Waals surface area contributed by atoms with E-state index < -0.39 is 66.7 Å². The zero-order valence-electron chi connectivity index (χ0n) is 21.9. The quantitative estimate of drug-likeness (QED) is 0.262. The maximum atomic E-state index is 13.0. The number of aliphatic carboxylic acids is 1. The second-order valence-corrected chi connectivity index (χ2v) is 8.98. The Kier molecular flexibility index (Phi) is 12.2. The van der Waals surface area contributed by atoms with E-state index in [0.717, 1.165) is 0 Å². The van der Waals surface area contributed by atoms with Gasteiger partial charge in [-0.2, -0.15) is 0 Å². The summed E-state index contributed by atoms with van der Waals surface area (Å²) in [6.45, 7) is 7.39. The van der Waals surface area contributed by atoms with E-state index in [4.69, 9.17) is 9.47 Å². The summed E-state index contributed by atoms with van der Waals surface area (Å²) in [5.74, 6) is -3.63. The van der Waals surface area contributed by atoms with E-state index in [1.807, 2.05) is 0 Å². The number of ketones is 2. The van der Waals surface area contributed by atoms with Gasteiger partial charge in [-0.15, -0.1) is 0 Å². The Labute approximate surface area is 215 Å². The third-order valence-corrected chi connectivity index (χ3v) is 5.14. The average Bonchev–Trinajstić information content (AvgIpc) is 2.79. The lowest BCUT2D eigenvalue weighted by atomic mass is 10.0. The number of ether oxygens (including phenoxy) is 2. The fourth-order valence-electron chi connectivity index (χ4n) is 3.29. The van der Waals surface area contributed by atoms with Crippen LogP contribution in [-0.2, 0) is 30.3 Å². The monoisotopic (exact) mass is 521 g/mol. The molecule has 37 heavy (non-hydrogen) atoms. The van der Waals surface area contributed by atoms with Crippen molar-refractivity contribution in [2.24, 2.45) is 5.92 Å². The minimum absolute atomic E-state index is 0.190. The highest BCUT2D eigenvalue weighted by molar-refractivity contribution is 5.97. The molecule has 204 valence electrons. The molecule has 4 N–H and O–H groups in total. The largest absolute Gasteiger partial charge is 0.496 e. The molecule has 0 saturated heterocycles. The first-order valence-corrected chi connectivity index (χ1v) is 11.7. The van der Waals surface area contributed by atoms with Gasteiger partial charge >= 0.3 is 12.1 Å². The summed E-state index contributed by atoms with van der Waals surface area (Å²) in [5.41, 5.74) is 0.830. The van der Waals surface area contributed by atoms with Crippen molar-refractivity contribution in [2.75, 3.05) is 13.7 Å². The molecule has 12 heteroatoms. The number of hydrogen-bond acceptors (Lipinski definition) is 8. The summed E-state index contributed by atoms with van der Waals surface area (Å²) in [4.78, 5) is 72.9. The van der Waals surface area contributed by atoms with Gasteiger partial charge in [-0.1, -0.05) is 13.8 Å². The highest BCUT2D eigenvalue weighted by Gasteiger charge is 2.30. The van der Waals surface area contributed by atoms with E-state index in [9.17, 15) is 33.9 Å². The first kappa shape index (κ1) is 31.1. The normalized spacial score (nSPS) is 12.3. The standard InChI is InChI=1S/C25H35N3O9/c1-13(2)23(28-21(31)10-17-9-16(15(5)29)7-8-20(17)36-6)24(34)27-18(11-22(32)33)19(30)12-26-25(35)37-14(3)4/h7-9,13-14,18,23H,10-12H2,1-6H3,(H,26,35)(H,27,34)(H,28,31)(H,32,33)/t18-,23-/m0/s1. The van der Waals surface area contributed by atoms with E-state index in [-0.39, 0.29) is 12.2 Å². The van der Waals surface area contributed by atoms with Crippen LogP contribution in [-0.4, -0.2) is 72.4 Å². The van der Waals surface area contributed by atoms with Crippen LogP contribution in [0.5, 0.6) is 5.75 Å². The number of amides is 3. The Morgan fingerprint density at radius 2 is 1.65 bits per heavy atom. The topological polar surface area (TPSA) is 177 Å². The number of alkyl carbamates (subject to hydrolysis) is 1. The molecule has 0 heterocycles. The highest BCUT2D eigenvalue weighted by Crippen LogP contribution is 2.21. The van der Waals surface area contributed by atoms with Gasteiger partial charge in [-0.3, -0.25) is 24.0 Å². The number of nitrogens with one attached hydrogen (secondary N) is 3. The van der Waals surface area contributed by atoms with E-state index in [1.54, 1.807) is 39.8 Å². The van der Waals surface area contributed by atoms with Gasteiger partial charge in [0.2, 0.25) is 11.8 Å². The number of benzene rings is 1. The molecule has 1 rings (SSSR count). The van der Waals surface area contributed by atoms with Crippen molar-refractivity contribution < 1.29 is 43.3 Å². The van der Waals surface area contributed by atoms with Crippen molar-refractivity contribution in [3.63, 3.8) is 0 Å². The molecule has 0 aliphatic rings. The number of carbonyl (C=O) groups excluding carboxylic acids is 5. The summed E-state index contributed by atoms with van der Waals surface area (Å²) in [5, 5.41) is 16.4. The molecule has 0 aromatic heterocycles. The fourth-order valence-corrected chi connectivity index (χ4v) is 3.29. The lowest BCUT2D eigenvalue weighted by Crippen LogP contribution is -2.55. The molecule has 0 bridgehead atoms. The van der Waals surface area contributed by atoms with Crippen molar-refractivity contribution in [3.8, 4) is 5.75 Å². The van der Waals surface area contributed by atoms with Gasteiger partial charge < -0.3 is 30.5 Å². The second kappa shape index (κ2) is 14.6. The van der Waals surface area contributed by atoms with Gasteiger partial charge in [0, 0.05) is 11.1 Å². The molecule has 3 amide bonds. The molecule has 0 aliphatic carbocycles. The first-order chi connectivity index (χ1) is 17.2. The van der Waals surface area contributed by atoms with Crippen LogP contribution in [0.2, 0.25) is 0 Å². The number of rotatable bonds is 14. The number of methoxy groups -OCH3 is 1. The zero-order chi connectivity index (χ0) is 28.3. The summed E-state index contributed by atoms with van der Waals surface area (Å²) in [7, 11) is 1.42. The van der Waals surface area contributed by atoms with Crippen LogP contribution in [0, 0.1) is 5.92 Å². The summed E-state index contributed by atoms with van der Waals surface area (Å²) < 4.78 is 10.1. The SMILES string of the molecule is COc1ccc(C(C)=O)cc1CC(=O)N[C@H](C(=O)N[C@@H](CC(=O)O)C(=O)CNC(=O)OC(C)C)C(C)C. The Morgan fingerprint density at radius 3 is 2.16 bits per heavy atom. The van der Waals surface area contributed by atoms with Crippen LogP contribution in [0.25, 0.3) is 0 Å². The minimum atomic E-state index is -1.45. The van der Waals surface area contributed by atoms with E-state index in [1.165, 1.54) is 20.1 Å². The Morgan fingerprint density at radius 1 is 1.00 bits per heavy atom. The molecule has 0 aliphatic heterocycles. The molecular formula is C25H35N3O9. The van der Waals surface area contributed by atoms with Crippen molar-refractivity contribution in [3.05, 3.63) is 29.3 Å². The van der Waals surface area contributed by atoms with Gasteiger partial charge in [-0.05, 0) is 44.9 Å². The first-order valence-electron chi connectivity index (χ1n) is 11.7. The summed E-state index contributed by atoms with van der Waals surface area (Å²) >= 11 is 0. The van der Waals surface area contributed by atoms with Crippen LogP contribution < -0.4 is 20.7 Å². The molecule has 1 aromatic rings. The van der Waals surface area contributed by atoms with Gasteiger partial charge in [0.05, 0.1) is 38.6 Å². The number of hydrogen-bond donors (Lipinski definition) is 4. The second-order valence-electron chi connectivity index (χ2n) is 8.98. The van der Waals surface area contributed by atoms with Crippen molar-refractivity contribution in [2.45, 2.75) is 65.6 Å². The van der Waals surface area contributed by atoms with Crippen LogP contribution >= 0.6 is 0 Å². The van der Waals surface area contributed by atoms with E-state index >= 15 is 0 Å². The van der Waals surface area contributed by atoms with Crippen LogP contribution in [0.15, 0.2) is 18.2 Å². The zero-order valence-corrected chi connectivity index (χ0v) is 21.9. The lowest BCUT2D eigenvalue weighted by Gasteiger charge is -2.25. The molecule has 1 aromatic carbocycles. The maximum Gasteiger partial charge on any atom is 0.407 e. The molecular weight excluding hydrogens is 486 g/mol. The number of Topliss-reactive ketones (excluding diaryl/α,β-unsaturated/α-hetero) is 2. The molecule has 12 nitrogen and oxygen atoms in total. The fraction of sp³-hybridized carbons (Fsp3) is 0.520. The molecule has 0 unspecified atom stereocenters. The van der Waals surface area contributed by atoms with Crippen molar-refractivity contribution in [1.29, 1.82) is 0 Å². The molecule has 2 atom stereocenters. The van der Waals surface area contributed by atoms with E-state index in [2.05, 4.69) is 16.0 Å². The van der Waals surface area contributed by atoms with Gasteiger partial charge in [0.15, 0.2) is 11.6 Å². The van der Waals surface area contributed by atoms with Crippen LogP contribution in [0.3, 0.4) is 0 Å². The minimum Gasteiger partial charge on any atom is -0.496 e. The molecule has 0 spiro atoms. The Hall–Kier alpha value is -3.96. The molecule has 0 saturated carbocycles. The summed E-state index contributed by atoms with van der Waals surface area (Å²) in [6, 6.07) is 2.12. The summed E-state index contributed by atoms with van der Waals surface area (Å²) in [6.07, 6.45) is -2.20. The Bertz CT molecular complexity index is 1020. The van der Waals surface area contributed by atoms with E-state index in [0.29, 0.717) is 16.9 Å². The number of carboxylic acid groups (broad SMARTS) is 1. The maximum absolute atomic E-state index is 13.0. The van der Waals surface area contributed by atoms with Crippen LogP contribution in [0.1, 0.15) is 57.0 Å². The van der Waals surface area contributed by atoms with Crippen LogP contribution in [0.4, 0.5) is 4.79 Å². The Balaban J connectivity index is 2.95. The van der Waals surface area contributed by atoms with Crippen molar-refractivity contribution in [1.82, 2.24) is 16.0 Å². The predicted octanol–water partition coefficient (Wildman–Crippen LogP) is 1.24. The van der Waals surface area contributed by atoms with Crippen molar-refractivity contribution >= 4 is 35.4 Å². The molecule has 0 fully saturated rings. The van der Waals surface area contributed by atoms with Gasteiger partial charge in [0.25, 0.3) is 0 Å². The third kappa shape index (κ3) is 10.7. The highest BCUT2D eigenvalue weighted by atomic mass is 16.6. The number of carboxylic acids is 1. The van der Waals surface area contributed by atoms with Gasteiger partial charge in [0.1, 0.15) is 11.8 Å².